The summed E-state index contributed by atoms with van der Waals surface area (Å²) in [6.45, 7) is 9.48. The van der Waals surface area contributed by atoms with Crippen LogP contribution in [-0.4, -0.2) is 59.2 Å². The number of carbonyl (C=O) groups is 1. The molecule has 37 heavy (non-hydrogen) atoms. The standard InChI is InChI=1S/C29H40ClN3O4/c1-20-10-11-25(30)17-27(20)28(37-14-12-32-29(34)35-4)24-9-5-8-23(16-24)21(2)33-18-26(31-3)15-22-7-6-13-36-19-22/h5,8-11,16-17,22,26,28,31,33H,2,6-7,12-15,18-19H2,1,3-4H3,(H,32,34)/t22?,26?,28-/m1/s1. The van der Waals surface area contributed by atoms with Crippen LogP contribution in [0.2, 0.25) is 5.02 Å². The molecule has 8 heteroatoms. The van der Waals surface area contributed by atoms with Gasteiger partial charge in [0.05, 0.1) is 13.7 Å². The van der Waals surface area contributed by atoms with E-state index in [0.29, 0.717) is 30.1 Å². The molecular weight excluding hydrogens is 490 g/mol. The Morgan fingerprint density at radius 3 is 2.81 bits per heavy atom. The molecule has 7 nitrogen and oxygen atoms in total. The van der Waals surface area contributed by atoms with Crippen molar-refractivity contribution < 1.29 is 19.0 Å². The minimum atomic E-state index is -0.487. The summed E-state index contributed by atoms with van der Waals surface area (Å²) in [5, 5.41) is 10.2. The number of hydrogen-bond acceptors (Lipinski definition) is 6. The van der Waals surface area contributed by atoms with Gasteiger partial charge in [0, 0.05) is 43.1 Å². The van der Waals surface area contributed by atoms with Gasteiger partial charge in [0.15, 0.2) is 0 Å². The Balaban J connectivity index is 1.70. The molecule has 1 amide bonds. The van der Waals surface area contributed by atoms with Crippen molar-refractivity contribution in [3.05, 3.63) is 76.3 Å². The summed E-state index contributed by atoms with van der Waals surface area (Å²) in [4.78, 5) is 11.4. The first-order chi connectivity index (χ1) is 17.9. The Morgan fingerprint density at radius 2 is 2.08 bits per heavy atom. The zero-order chi connectivity index (χ0) is 26.6. The third kappa shape index (κ3) is 9.04. The molecule has 1 fully saturated rings. The van der Waals surface area contributed by atoms with Gasteiger partial charge in [-0.25, -0.2) is 4.79 Å². The highest BCUT2D eigenvalue weighted by Crippen LogP contribution is 2.31. The van der Waals surface area contributed by atoms with Gasteiger partial charge in [0.1, 0.15) is 6.10 Å². The molecule has 0 saturated carbocycles. The van der Waals surface area contributed by atoms with E-state index in [1.165, 1.54) is 13.5 Å². The lowest BCUT2D eigenvalue weighted by Crippen LogP contribution is -2.38. The maximum Gasteiger partial charge on any atom is 0.406 e. The van der Waals surface area contributed by atoms with Gasteiger partial charge in [-0.05, 0) is 79.6 Å². The monoisotopic (exact) mass is 529 g/mol. The predicted octanol–water partition coefficient (Wildman–Crippen LogP) is 5.08. The van der Waals surface area contributed by atoms with Gasteiger partial charge >= 0.3 is 6.09 Å². The summed E-state index contributed by atoms with van der Waals surface area (Å²) in [6.07, 6.45) is 2.59. The van der Waals surface area contributed by atoms with E-state index in [1.54, 1.807) is 0 Å². The van der Waals surface area contributed by atoms with E-state index in [2.05, 4.69) is 33.3 Å². The van der Waals surface area contributed by atoms with Gasteiger partial charge in [-0.15, -0.1) is 0 Å². The summed E-state index contributed by atoms with van der Waals surface area (Å²) >= 11 is 6.34. The summed E-state index contributed by atoms with van der Waals surface area (Å²) in [5.41, 5.74) is 4.88. The molecule has 202 valence electrons. The fourth-order valence-corrected chi connectivity index (χ4v) is 4.78. The number of amides is 1. The highest BCUT2D eigenvalue weighted by molar-refractivity contribution is 6.30. The lowest BCUT2D eigenvalue weighted by atomic mass is 9.94. The molecule has 3 rings (SSSR count). The minimum absolute atomic E-state index is 0.309. The zero-order valence-corrected chi connectivity index (χ0v) is 22.9. The van der Waals surface area contributed by atoms with Crippen molar-refractivity contribution in [2.75, 3.05) is 47.1 Å². The number of aryl methyl sites for hydroxylation is 1. The molecule has 2 aromatic carbocycles. The Hall–Kier alpha value is -2.58. The molecule has 0 radical (unpaired) electrons. The van der Waals surface area contributed by atoms with Crippen LogP contribution in [0, 0.1) is 12.8 Å². The molecule has 1 heterocycles. The van der Waals surface area contributed by atoms with Crippen molar-refractivity contribution in [2.24, 2.45) is 5.92 Å². The van der Waals surface area contributed by atoms with Crippen LogP contribution >= 0.6 is 11.6 Å². The first kappa shape index (κ1) is 29.0. The van der Waals surface area contributed by atoms with E-state index in [4.69, 9.17) is 21.1 Å². The molecule has 2 unspecified atom stereocenters. The number of methoxy groups -OCH3 is 1. The van der Waals surface area contributed by atoms with Crippen molar-refractivity contribution in [1.82, 2.24) is 16.0 Å². The van der Waals surface area contributed by atoms with Gasteiger partial charge in [-0.1, -0.05) is 42.4 Å². The van der Waals surface area contributed by atoms with Crippen molar-refractivity contribution in [3.63, 3.8) is 0 Å². The largest absolute Gasteiger partial charge is 0.453 e. The highest BCUT2D eigenvalue weighted by Gasteiger charge is 2.20. The number of ether oxygens (including phenoxy) is 3. The number of alkyl carbamates (subject to hydrolysis) is 1. The maximum absolute atomic E-state index is 11.4. The van der Waals surface area contributed by atoms with Crippen molar-refractivity contribution in [2.45, 2.75) is 38.3 Å². The fraction of sp³-hybridized carbons (Fsp3) is 0.483. The number of nitrogens with one attached hydrogen (secondary N) is 3. The van der Waals surface area contributed by atoms with Crippen LogP contribution in [0.5, 0.6) is 0 Å². The minimum Gasteiger partial charge on any atom is -0.453 e. The van der Waals surface area contributed by atoms with Crippen LogP contribution in [0.1, 0.15) is 47.6 Å². The van der Waals surface area contributed by atoms with Crippen molar-refractivity contribution in [1.29, 1.82) is 0 Å². The average Bonchev–Trinajstić information content (AvgIpc) is 2.92. The molecule has 0 aliphatic carbocycles. The SMILES string of the molecule is C=C(NCC(CC1CCCOC1)NC)c1cccc([C@@H](OCCNC(=O)OC)c2cc(Cl)ccc2C)c1. The fourth-order valence-electron chi connectivity index (χ4n) is 4.60. The van der Waals surface area contributed by atoms with E-state index in [0.717, 1.165) is 60.6 Å². The summed E-state index contributed by atoms with van der Waals surface area (Å²) in [5.74, 6) is 0.595. The Labute approximate surface area is 225 Å². The van der Waals surface area contributed by atoms with Gasteiger partial charge in [0.2, 0.25) is 0 Å². The second-order valence-electron chi connectivity index (χ2n) is 9.46. The van der Waals surface area contributed by atoms with Crippen LogP contribution in [0.15, 0.2) is 49.0 Å². The summed E-state index contributed by atoms with van der Waals surface area (Å²) in [6, 6.07) is 14.3. The van der Waals surface area contributed by atoms with E-state index in [-0.39, 0.29) is 6.10 Å². The summed E-state index contributed by atoms with van der Waals surface area (Å²) < 4.78 is 16.6. The number of halogens is 1. The van der Waals surface area contributed by atoms with Crippen LogP contribution in [0.3, 0.4) is 0 Å². The van der Waals surface area contributed by atoms with Crippen molar-refractivity contribution >= 4 is 23.4 Å². The van der Waals surface area contributed by atoms with E-state index in [9.17, 15) is 4.79 Å². The second kappa shape index (κ2) is 15.0. The van der Waals surface area contributed by atoms with E-state index >= 15 is 0 Å². The molecule has 1 aliphatic heterocycles. The van der Waals surface area contributed by atoms with Crippen LogP contribution < -0.4 is 16.0 Å². The zero-order valence-electron chi connectivity index (χ0n) is 22.1. The average molecular weight is 530 g/mol. The van der Waals surface area contributed by atoms with Crippen molar-refractivity contribution in [3.8, 4) is 0 Å². The van der Waals surface area contributed by atoms with Gasteiger partial charge in [0.25, 0.3) is 0 Å². The lowest BCUT2D eigenvalue weighted by molar-refractivity contribution is 0.0480. The molecule has 2 aromatic rings. The van der Waals surface area contributed by atoms with Crippen LogP contribution in [0.25, 0.3) is 5.70 Å². The second-order valence-corrected chi connectivity index (χ2v) is 9.90. The van der Waals surface area contributed by atoms with E-state index in [1.807, 2.05) is 50.4 Å². The lowest BCUT2D eigenvalue weighted by Gasteiger charge is -2.27. The molecule has 3 N–H and O–H groups in total. The van der Waals surface area contributed by atoms with Gasteiger partial charge in [-0.2, -0.15) is 0 Å². The third-order valence-electron chi connectivity index (χ3n) is 6.75. The Kier molecular flexibility index (Phi) is 11.7. The van der Waals surface area contributed by atoms with Gasteiger partial charge < -0.3 is 30.2 Å². The maximum atomic E-state index is 11.4. The number of hydrogen-bond donors (Lipinski definition) is 3. The number of carbonyl (C=O) groups excluding carboxylic acids is 1. The first-order valence-electron chi connectivity index (χ1n) is 12.9. The molecule has 0 spiro atoms. The third-order valence-corrected chi connectivity index (χ3v) is 6.98. The summed E-state index contributed by atoms with van der Waals surface area (Å²) in [7, 11) is 3.34. The Bertz CT molecular complexity index is 1030. The topological polar surface area (TPSA) is 80.9 Å². The first-order valence-corrected chi connectivity index (χ1v) is 13.3. The molecular formula is C29H40ClN3O4. The van der Waals surface area contributed by atoms with E-state index < -0.39 is 6.09 Å². The molecule has 1 saturated heterocycles. The number of likely N-dealkylation sites (N-methyl/N-ethyl adjacent to an activating group) is 1. The molecule has 1 aliphatic rings. The number of benzene rings is 2. The molecule has 3 atom stereocenters. The van der Waals surface area contributed by atoms with Crippen LogP contribution in [-0.2, 0) is 14.2 Å². The molecule has 0 bridgehead atoms. The molecule has 0 aromatic heterocycles. The quantitative estimate of drug-likeness (QED) is 0.314. The van der Waals surface area contributed by atoms with Crippen LogP contribution in [0.4, 0.5) is 4.79 Å². The Morgan fingerprint density at radius 1 is 1.24 bits per heavy atom. The normalized spacial score (nSPS) is 17.0. The predicted molar refractivity (Wildman–Crippen MR) is 149 cm³/mol. The number of rotatable bonds is 13. The van der Waals surface area contributed by atoms with Gasteiger partial charge in [-0.3, -0.25) is 0 Å². The highest BCUT2D eigenvalue weighted by atomic mass is 35.5. The smallest absolute Gasteiger partial charge is 0.406 e.